The number of carbonyl (C=O) groups is 4. The van der Waals surface area contributed by atoms with Crippen molar-refractivity contribution in [2.75, 3.05) is 6.54 Å². The second kappa shape index (κ2) is 11.9. The first-order chi connectivity index (χ1) is 18.1. The van der Waals surface area contributed by atoms with Crippen LogP contribution in [0.3, 0.4) is 0 Å². The number of rotatable bonds is 1. The molecule has 1 saturated heterocycles. The maximum absolute atomic E-state index is 13.1. The average Bonchev–Trinajstić information content (AvgIpc) is 2.90. The van der Waals surface area contributed by atoms with Gasteiger partial charge in [0.25, 0.3) is 5.91 Å². The Hall–Kier alpha value is -3.53. The van der Waals surface area contributed by atoms with Gasteiger partial charge in [-0.1, -0.05) is 26.0 Å². The van der Waals surface area contributed by atoms with Crippen LogP contribution in [0.2, 0.25) is 0 Å². The summed E-state index contributed by atoms with van der Waals surface area (Å²) in [6.07, 6.45) is 3.89. The van der Waals surface area contributed by atoms with Crippen molar-refractivity contribution in [3.63, 3.8) is 0 Å². The first kappa shape index (κ1) is 27.5. The number of fused-ring (bicyclic) bond motifs is 4. The lowest BCUT2D eigenvalue weighted by Gasteiger charge is -2.35. The summed E-state index contributed by atoms with van der Waals surface area (Å²) in [4.78, 5) is 56.3. The van der Waals surface area contributed by atoms with Crippen molar-refractivity contribution >= 4 is 34.5 Å². The number of amides is 3. The number of ether oxygens (including phenoxy) is 1. The molecule has 5 bridgehead atoms. The number of carbonyl (C=O) groups excluding carboxylic acids is 4. The van der Waals surface area contributed by atoms with Gasteiger partial charge in [-0.15, -0.1) is 0 Å². The highest BCUT2D eigenvalue weighted by atomic mass is 16.5. The number of nitrogens with one attached hydrogen (secondary N) is 3. The lowest BCUT2D eigenvalue weighted by atomic mass is 10.0. The highest BCUT2D eigenvalue weighted by molar-refractivity contribution is 5.92. The Morgan fingerprint density at radius 1 is 1.00 bits per heavy atom. The summed E-state index contributed by atoms with van der Waals surface area (Å²) in [7, 11) is 0. The molecule has 0 aliphatic carbocycles. The van der Waals surface area contributed by atoms with Gasteiger partial charge in [-0.05, 0) is 68.5 Å². The Balaban J connectivity index is 1.60. The lowest BCUT2D eigenvalue weighted by Crippen LogP contribution is -2.61. The molecular weight excluding hydrogens is 486 g/mol. The van der Waals surface area contributed by atoms with Crippen molar-refractivity contribution in [2.45, 2.75) is 84.0 Å². The van der Waals surface area contributed by atoms with Gasteiger partial charge in [0.1, 0.15) is 24.2 Å². The number of benzene rings is 1. The Morgan fingerprint density at radius 3 is 2.55 bits per heavy atom. The molecule has 204 valence electrons. The van der Waals surface area contributed by atoms with Crippen molar-refractivity contribution in [3.8, 4) is 0 Å². The molecule has 3 amide bonds. The number of aryl methyl sites for hydroxylation is 1. The summed E-state index contributed by atoms with van der Waals surface area (Å²) < 4.78 is 5.78. The van der Waals surface area contributed by atoms with Crippen LogP contribution in [0.25, 0.3) is 10.8 Å². The topological polar surface area (TPSA) is 130 Å². The fourth-order valence-corrected chi connectivity index (χ4v) is 4.84. The van der Waals surface area contributed by atoms with E-state index in [9.17, 15) is 19.2 Å². The molecule has 1 aromatic heterocycles. The Bertz CT molecular complexity index is 1220. The number of cyclic esters (lactones) is 1. The second-order valence-corrected chi connectivity index (χ2v) is 10.5. The molecule has 0 saturated carbocycles. The Morgan fingerprint density at radius 2 is 1.79 bits per heavy atom. The fourth-order valence-electron chi connectivity index (χ4n) is 4.84. The van der Waals surface area contributed by atoms with Gasteiger partial charge < -0.3 is 15.4 Å². The summed E-state index contributed by atoms with van der Waals surface area (Å²) in [5, 5.41) is 8.88. The van der Waals surface area contributed by atoms with Crippen LogP contribution in [-0.2, 0) is 30.3 Å². The Kier molecular flexibility index (Phi) is 8.61. The van der Waals surface area contributed by atoms with E-state index in [4.69, 9.17) is 4.74 Å². The van der Waals surface area contributed by atoms with E-state index in [-0.39, 0.29) is 24.2 Å². The largest absolute Gasteiger partial charge is 0.457 e. The van der Waals surface area contributed by atoms with Gasteiger partial charge in [0.05, 0.1) is 0 Å². The third kappa shape index (κ3) is 6.48. The molecule has 2 unspecified atom stereocenters. The summed E-state index contributed by atoms with van der Waals surface area (Å²) in [6, 6.07) is 5.55. The number of aromatic nitrogens is 1. The number of esters is 1. The molecule has 2 aromatic rings. The van der Waals surface area contributed by atoms with E-state index in [1.54, 1.807) is 13.1 Å². The van der Waals surface area contributed by atoms with Crippen molar-refractivity contribution in [1.82, 2.24) is 26.1 Å². The van der Waals surface area contributed by atoms with E-state index in [2.05, 4.69) is 21.0 Å². The molecular formula is C28H37N5O5. The predicted molar refractivity (Wildman–Crippen MR) is 141 cm³/mol. The summed E-state index contributed by atoms with van der Waals surface area (Å²) in [5.74, 6) is -1.62. The van der Waals surface area contributed by atoms with Crippen LogP contribution >= 0.6 is 0 Å². The van der Waals surface area contributed by atoms with Gasteiger partial charge in [0, 0.05) is 30.2 Å². The standard InChI is InChI=1S/C28H37N5O5/c1-16(2)25-26(35)30-17(3)27(36)33-12-6-8-23(32-33)28(37)38-18(4)19-10-11-20-15-29-22(14-21(20)13-19)7-5-9-24(34)31-25/h10-11,13-18,23,25,32H,5-9,12H2,1-4H3,(H,30,35)(H,31,34)/t17?,18-,23+,25?/m1/s1. The minimum atomic E-state index is -0.847. The molecule has 1 fully saturated rings. The average molecular weight is 524 g/mol. The van der Waals surface area contributed by atoms with Crippen LogP contribution in [0.1, 0.15) is 70.7 Å². The van der Waals surface area contributed by atoms with E-state index >= 15 is 0 Å². The molecule has 38 heavy (non-hydrogen) atoms. The number of nitrogens with zero attached hydrogens (tertiary/aromatic N) is 2. The summed E-state index contributed by atoms with van der Waals surface area (Å²) in [5.41, 5.74) is 4.69. The molecule has 10 nitrogen and oxygen atoms in total. The first-order valence-electron chi connectivity index (χ1n) is 13.4. The van der Waals surface area contributed by atoms with E-state index in [0.717, 1.165) is 22.0 Å². The van der Waals surface area contributed by atoms with Crippen LogP contribution < -0.4 is 16.1 Å². The van der Waals surface area contributed by atoms with Gasteiger partial charge in [0.15, 0.2) is 0 Å². The van der Waals surface area contributed by atoms with Crippen molar-refractivity contribution < 1.29 is 23.9 Å². The van der Waals surface area contributed by atoms with E-state index < -0.39 is 36.1 Å². The fraction of sp³-hybridized carbons (Fsp3) is 0.536. The van der Waals surface area contributed by atoms with E-state index in [1.807, 2.05) is 45.0 Å². The molecule has 2 aliphatic rings. The molecule has 10 heteroatoms. The van der Waals surface area contributed by atoms with Crippen molar-refractivity contribution in [1.29, 1.82) is 0 Å². The van der Waals surface area contributed by atoms with Crippen molar-refractivity contribution in [3.05, 3.63) is 41.7 Å². The van der Waals surface area contributed by atoms with Gasteiger partial charge >= 0.3 is 5.97 Å². The molecule has 0 spiro atoms. The summed E-state index contributed by atoms with van der Waals surface area (Å²) >= 11 is 0. The monoisotopic (exact) mass is 523 g/mol. The normalized spacial score (nSPS) is 26.2. The zero-order valence-corrected chi connectivity index (χ0v) is 22.5. The third-order valence-corrected chi connectivity index (χ3v) is 7.13. The molecule has 1 aromatic carbocycles. The molecule has 3 heterocycles. The van der Waals surface area contributed by atoms with Crippen molar-refractivity contribution in [2.24, 2.45) is 5.92 Å². The minimum Gasteiger partial charge on any atom is -0.457 e. The number of pyridine rings is 1. The molecule has 4 atom stereocenters. The molecule has 3 N–H and O–H groups in total. The molecule has 2 aliphatic heterocycles. The second-order valence-electron chi connectivity index (χ2n) is 10.5. The zero-order chi connectivity index (χ0) is 27.4. The van der Waals surface area contributed by atoms with E-state index in [1.165, 1.54) is 5.01 Å². The number of hydrogen-bond donors (Lipinski definition) is 3. The summed E-state index contributed by atoms with van der Waals surface area (Å²) in [6.45, 7) is 7.51. The predicted octanol–water partition coefficient (Wildman–Crippen LogP) is 2.32. The van der Waals surface area contributed by atoms with Gasteiger partial charge in [-0.3, -0.25) is 29.2 Å². The van der Waals surface area contributed by atoms with Gasteiger partial charge in [-0.25, -0.2) is 5.43 Å². The van der Waals surface area contributed by atoms with Crippen LogP contribution in [-0.4, -0.2) is 58.4 Å². The van der Waals surface area contributed by atoms with Crippen LogP contribution in [0, 0.1) is 5.92 Å². The van der Waals surface area contributed by atoms with E-state index in [0.29, 0.717) is 32.2 Å². The van der Waals surface area contributed by atoms with Crippen LogP contribution in [0.4, 0.5) is 0 Å². The number of hydrazine groups is 1. The Labute approximate surface area is 222 Å². The minimum absolute atomic E-state index is 0.173. The maximum atomic E-state index is 13.1. The highest BCUT2D eigenvalue weighted by Crippen LogP contribution is 2.24. The SMILES string of the molecule is CC1NC(=O)C(C(C)C)NC(=O)CCCc2cc3cc(ccc3cn2)[C@@H](C)OC(=O)[C@@H]2CCCN(N2)C1=O. The molecule has 4 rings (SSSR count). The van der Waals surface area contributed by atoms with Crippen LogP contribution in [0.5, 0.6) is 0 Å². The third-order valence-electron chi connectivity index (χ3n) is 7.13. The maximum Gasteiger partial charge on any atom is 0.325 e. The van der Waals surface area contributed by atoms with Gasteiger partial charge in [-0.2, -0.15) is 0 Å². The number of hydrogen-bond acceptors (Lipinski definition) is 7. The zero-order valence-electron chi connectivity index (χ0n) is 22.5. The highest BCUT2D eigenvalue weighted by Gasteiger charge is 2.33. The quantitative estimate of drug-likeness (QED) is 0.489. The van der Waals surface area contributed by atoms with Gasteiger partial charge in [0.2, 0.25) is 11.8 Å². The smallest absolute Gasteiger partial charge is 0.325 e. The lowest BCUT2D eigenvalue weighted by molar-refractivity contribution is -0.157. The first-order valence-corrected chi connectivity index (χ1v) is 13.4. The van der Waals surface area contributed by atoms with Crippen LogP contribution in [0.15, 0.2) is 30.5 Å². The molecule has 0 radical (unpaired) electrons.